The maximum absolute atomic E-state index is 11.9. The second-order valence-electron chi connectivity index (χ2n) is 4.63. The zero-order valence-electron chi connectivity index (χ0n) is 13.5. The van der Waals surface area contributed by atoms with E-state index in [1.165, 1.54) is 12.3 Å². The fourth-order valence-electron chi connectivity index (χ4n) is 1.92. The molecule has 1 amide bonds. The number of rotatable bonds is 8. The summed E-state index contributed by atoms with van der Waals surface area (Å²) in [6.45, 7) is 4.29. The van der Waals surface area contributed by atoms with Gasteiger partial charge in [-0.05, 0) is 38.1 Å². The highest BCUT2D eigenvalue weighted by molar-refractivity contribution is 5.94. The summed E-state index contributed by atoms with van der Waals surface area (Å²) in [4.78, 5) is 23.5. The fourth-order valence-corrected chi connectivity index (χ4v) is 1.92. The summed E-state index contributed by atoms with van der Waals surface area (Å²) in [5.74, 6) is 0.00666. The number of nitrogens with one attached hydrogen (secondary N) is 1. The smallest absolute Gasteiger partial charge is 0.374 e. The van der Waals surface area contributed by atoms with Gasteiger partial charge in [0.05, 0.1) is 19.5 Å². The summed E-state index contributed by atoms with van der Waals surface area (Å²) in [7, 11) is 0. The number of hydrogen-bond donors (Lipinski definition) is 1. The predicted molar refractivity (Wildman–Crippen MR) is 86.4 cm³/mol. The van der Waals surface area contributed by atoms with Crippen molar-refractivity contribution in [2.45, 2.75) is 13.8 Å². The van der Waals surface area contributed by atoms with Crippen LogP contribution in [-0.4, -0.2) is 31.7 Å². The molecule has 24 heavy (non-hydrogen) atoms. The lowest BCUT2D eigenvalue weighted by molar-refractivity contribution is -0.119. The van der Waals surface area contributed by atoms with Gasteiger partial charge in [0, 0.05) is 11.8 Å². The van der Waals surface area contributed by atoms with Gasteiger partial charge in [-0.3, -0.25) is 4.79 Å². The van der Waals surface area contributed by atoms with Crippen molar-refractivity contribution in [3.05, 3.63) is 42.4 Å². The fraction of sp³-hybridized carbons (Fsp3) is 0.294. The highest BCUT2D eigenvalue weighted by Gasteiger charge is 2.13. The summed E-state index contributed by atoms with van der Waals surface area (Å²) < 4.78 is 20.7. The normalized spacial score (nSPS) is 10.1. The van der Waals surface area contributed by atoms with Crippen LogP contribution in [0.5, 0.6) is 11.5 Å². The van der Waals surface area contributed by atoms with Crippen LogP contribution in [0, 0.1) is 0 Å². The van der Waals surface area contributed by atoms with Crippen LogP contribution >= 0.6 is 0 Å². The van der Waals surface area contributed by atoms with Gasteiger partial charge in [0.25, 0.3) is 5.91 Å². The number of furan rings is 1. The summed E-state index contributed by atoms with van der Waals surface area (Å²) in [6.07, 6.45) is 1.35. The largest absolute Gasteiger partial charge is 0.490 e. The topological polar surface area (TPSA) is 87.0 Å². The quantitative estimate of drug-likeness (QED) is 0.748. The predicted octanol–water partition coefficient (Wildman–Crippen LogP) is 2.87. The van der Waals surface area contributed by atoms with Gasteiger partial charge in [0.1, 0.15) is 0 Å². The summed E-state index contributed by atoms with van der Waals surface area (Å²) >= 11 is 0. The van der Waals surface area contributed by atoms with Crippen LogP contribution in [0.3, 0.4) is 0 Å². The lowest BCUT2D eigenvalue weighted by atomic mass is 10.2. The molecular formula is C17H19NO6. The van der Waals surface area contributed by atoms with Crippen molar-refractivity contribution in [3.8, 4) is 11.5 Å². The van der Waals surface area contributed by atoms with Gasteiger partial charge in [-0.1, -0.05) is 0 Å². The minimum atomic E-state index is -0.697. The van der Waals surface area contributed by atoms with Crippen molar-refractivity contribution in [1.29, 1.82) is 0 Å². The lowest BCUT2D eigenvalue weighted by Crippen LogP contribution is -2.20. The van der Waals surface area contributed by atoms with Crippen molar-refractivity contribution >= 4 is 17.6 Å². The molecule has 0 aliphatic heterocycles. The van der Waals surface area contributed by atoms with Crippen LogP contribution in [0.25, 0.3) is 0 Å². The van der Waals surface area contributed by atoms with Gasteiger partial charge >= 0.3 is 5.97 Å². The van der Waals surface area contributed by atoms with Crippen molar-refractivity contribution in [1.82, 2.24) is 0 Å². The Hall–Kier alpha value is -2.96. The van der Waals surface area contributed by atoms with E-state index >= 15 is 0 Å². The molecule has 1 heterocycles. The van der Waals surface area contributed by atoms with Crippen LogP contribution in [0.1, 0.15) is 24.4 Å². The third-order valence-electron chi connectivity index (χ3n) is 2.88. The van der Waals surface area contributed by atoms with Gasteiger partial charge < -0.3 is 23.9 Å². The second-order valence-corrected chi connectivity index (χ2v) is 4.63. The molecule has 0 aliphatic rings. The molecule has 0 atom stereocenters. The Labute approximate surface area is 139 Å². The first-order valence-electron chi connectivity index (χ1n) is 7.54. The zero-order valence-corrected chi connectivity index (χ0v) is 13.5. The Morgan fingerprint density at radius 1 is 1.08 bits per heavy atom. The molecule has 0 saturated carbocycles. The molecule has 1 aromatic heterocycles. The number of amides is 1. The number of anilines is 1. The van der Waals surface area contributed by atoms with E-state index in [-0.39, 0.29) is 5.76 Å². The van der Waals surface area contributed by atoms with E-state index in [1.54, 1.807) is 24.3 Å². The van der Waals surface area contributed by atoms with Gasteiger partial charge in [0.2, 0.25) is 5.76 Å². The molecule has 0 saturated heterocycles. The molecular weight excluding hydrogens is 314 g/mol. The average molecular weight is 333 g/mol. The van der Waals surface area contributed by atoms with Gasteiger partial charge in [-0.25, -0.2) is 4.79 Å². The van der Waals surface area contributed by atoms with Crippen molar-refractivity contribution in [3.63, 3.8) is 0 Å². The van der Waals surface area contributed by atoms with E-state index in [1.807, 2.05) is 13.8 Å². The maximum atomic E-state index is 11.9. The Morgan fingerprint density at radius 3 is 2.50 bits per heavy atom. The van der Waals surface area contributed by atoms with Crippen LogP contribution in [0.4, 0.5) is 5.69 Å². The Balaban J connectivity index is 1.93. The van der Waals surface area contributed by atoms with E-state index in [2.05, 4.69) is 5.32 Å². The standard InChI is InChI=1S/C17H19NO6/c1-3-21-13-8-7-12(10-15(13)22-4-2)18-16(19)11-24-17(20)14-6-5-9-23-14/h5-10H,3-4,11H2,1-2H3,(H,18,19). The van der Waals surface area contributed by atoms with E-state index in [4.69, 9.17) is 18.6 Å². The number of hydrogen-bond acceptors (Lipinski definition) is 6. The van der Waals surface area contributed by atoms with Crippen molar-refractivity contribution in [2.24, 2.45) is 0 Å². The highest BCUT2D eigenvalue weighted by Crippen LogP contribution is 2.30. The molecule has 2 aromatic rings. The van der Waals surface area contributed by atoms with Gasteiger partial charge in [0.15, 0.2) is 18.1 Å². The Kier molecular flexibility index (Phi) is 6.24. The monoisotopic (exact) mass is 333 g/mol. The zero-order chi connectivity index (χ0) is 17.4. The molecule has 0 fully saturated rings. The number of ether oxygens (including phenoxy) is 3. The van der Waals surface area contributed by atoms with Crippen molar-refractivity contribution in [2.75, 3.05) is 25.1 Å². The summed E-state index contributed by atoms with van der Waals surface area (Å²) in [5.41, 5.74) is 0.515. The molecule has 0 radical (unpaired) electrons. The Bertz CT molecular complexity index is 680. The molecule has 0 aliphatic carbocycles. The molecule has 128 valence electrons. The van der Waals surface area contributed by atoms with E-state index in [9.17, 15) is 9.59 Å². The van der Waals surface area contributed by atoms with Crippen LogP contribution in [-0.2, 0) is 9.53 Å². The summed E-state index contributed by atoms with van der Waals surface area (Å²) in [5, 5.41) is 2.63. The molecule has 7 nitrogen and oxygen atoms in total. The summed E-state index contributed by atoms with van der Waals surface area (Å²) in [6, 6.07) is 8.06. The molecule has 1 N–H and O–H groups in total. The second kappa shape index (κ2) is 8.61. The van der Waals surface area contributed by atoms with Crippen LogP contribution < -0.4 is 14.8 Å². The molecule has 0 unspecified atom stereocenters. The molecule has 1 aromatic carbocycles. The lowest BCUT2D eigenvalue weighted by Gasteiger charge is -2.13. The first kappa shape index (κ1) is 17.4. The van der Waals surface area contributed by atoms with E-state index in [0.717, 1.165) is 0 Å². The molecule has 2 rings (SSSR count). The number of carbonyl (C=O) groups excluding carboxylic acids is 2. The first-order chi connectivity index (χ1) is 11.6. The average Bonchev–Trinajstić information content (AvgIpc) is 3.10. The van der Waals surface area contributed by atoms with E-state index < -0.39 is 18.5 Å². The maximum Gasteiger partial charge on any atom is 0.374 e. The SMILES string of the molecule is CCOc1ccc(NC(=O)COC(=O)c2ccco2)cc1OCC. The third kappa shape index (κ3) is 4.77. The molecule has 7 heteroatoms. The number of carbonyl (C=O) groups is 2. The highest BCUT2D eigenvalue weighted by atomic mass is 16.5. The Morgan fingerprint density at radius 2 is 1.83 bits per heavy atom. The minimum absolute atomic E-state index is 0.0440. The van der Waals surface area contributed by atoms with Crippen molar-refractivity contribution < 1.29 is 28.2 Å². The van der Waals surface area contributed by atoms with Crippen LogP contribution in [0.2, 0.25) is 0 Å². The first-order valence-corrected chi connectivity index (χ1v) is 7.54. The van der Waals surface area contributed by atoms with E-state index in [0.29, 0.717) is 30.4 Å². The van der Waals surface area contributed by atoms with Crippen LogP contribution in [0.15, 0.2) is 41.0 Å². The minimum Gasteiger partial charge on any atom is -0.490 e. The number of esters is 1. The van der Waals surface area contributed by atoms with Gasteiger partial charge in [-0.2, -0.15) is 0 Å². The number of benzene rings is 1. The third-order valence-corrected chi connectivity index (χ3v) is 2.88. The molecule has 0 bridgehead atoms. The van der Waals surface area contributed by atoms with Gasteiger partial charge in [-0.15, -0.1) is 0 Å². The molecule has 0 spiro atoms.